The molecule has 0 aromatic carbocycles. The first-order chi connectivity index (χ1) is 7.61. The summed E-state index contributed by atoms with van der Waals surface area (Å²) in [5.41, 5.74) is 0. The van der Waals surface area contributed by atoms with E-state index in [1.165, 1.54) is 0 Å². The van der Waals surface area contributed by atoms with Crippen LogP contribution in [0.5, 0.6) is 0 Å². The first-order valence-corrected chi connectivity index (χ1v) is 6.33. The third-order valence-electron chi connectivity index (χ3n) is 2.99. The molecule has 0 bridgehead atoms. The average Bonchev–Trinajstić information content (AvgIpc) is 2.53. The zero-order chi connectivity index (χ0) is 12.0. The van der Waals surface area contributed by atoms with Gasteiger partial charge in [0.25, 0.3) is 0 Å². The highest BCUT2D eigenvalue weighted by atomic mass is 35.5. The molecule has 1 aliphatic rings. The topological polar surface area (TPSA) is 44.4 Å². The van der Waals surface area contributed by atoms with E-state index in [0.717, 1.165) is 39.1 Å². The predicted octanol–water partition coefficient (Wildman–Crippen LogP) is 0.864. The number of carbonyl (C=O) groups is 1. The molecule has 0 radical (unpaired) electrons. The summed E-state index contributed by atoms with van der Waals surface area (Å²) in [5, 5.41) is 6.35. The van der Waals surface area contributed by atoms with Crippen LogP contribution in [0, 0.1) is 5.92 Å². The van der Waals surface area contributed by atoms with E-state index in [9.17, 15) is 4.79 Å². The van der Waals surface area contributed by atoms with Gasteiger partial charge in [-0.3, -0.25) is 9.69 Å². The highest BCUT2D eigenvalue weighted by Gasteiger charge is 2.21. The van der Waals surface area contributed by atoms with Crippen molar-refractivity contribution in [2.45, 2.75) is 33.2 Å². The van der Waals surface area contributed by atoms with Crippen LogP contribution in [0.2, 0.25) is 0 Å². The van der Waals surface area contributed by atoms with E-state index in [4.69, 9.17) is 0 Å². The molecule has 1 aliphatic heterocycles. The van der Waals surface area contributed by atoms with Crippen LogP contribution in [-0.4, -0.2) is 49.6 Å². The Morgan fingerprint density at radius 3 is 2.65 bits per heavy atom. The molecule has 1 atom stereocenters. The molecule has 102 valence electrons. The molecule has 0 aliphatic carbocycles. The van der Waals surface area contributed by atoms with Crippen LogP contribution >= 0.6 is 12.4 Å². The fourth-order valence-electron chi connectivity index (χ4n) is 1.87. The van der Waals surface area contributed by atoms with Crippen LogP contribution in [0.25, 0.3) is 0 Å². The van der Waals surface area contributed by atoms with Crippen molar-refractivity contribution >= 4 is 18.3 Å². The minimum atomic E-state index is -0.00125. The van der Waals surface area contributed by atoms with Crippen LogP contribution in [0.3, 0.4) is 0 Å². The second-order valence-corrected chi connectivity index (χ2v) is 4.95. The maximum atomic E-state index is 11.9. The lowest BCUT2D eigenvalue weighted by atomic mass is 10.2. The van der Waals surface area contributed by atoms with Crippen molar-refractivity contribution in [3.8, 4) is 0 Å². The van der Waals surface area contributed by atoms with Crippen LogP contribution in [-0.2, 0) is 4.79 Å². The van der Waals surface area contributed by atoms with Gasteiger partial charge in [0.2, 0.25) is 5.91 Å². The molecule has 1 heterocycles. The fraction of sp³-hybridized carbons (Fsp3) is 0.917. The molecular weight excluding hydrogens is 238 g/mol. The van der Waals surface area contributed by atoms with Gasteiger partial charge in [-0.1, -0.05) is 13.8 Å². The summed E-state index contributed by atoms with van der Waals surface area (Å²) >= 11 is 0. The molecule has 2 N–H and O–H groups in total. The molecule has 0 aromatic rings. The van der Waals surface area contributed by atoms with Gasteiger partial charge in [0, 0.05) is 26.2 Å². The van der Waals surface area contributed by atoms with Gasteiger partial charge < -0.3 is 10.6 Å². The molecule has 17 heavy (non-hydrogen) atoms. The lowest BCUT2D eigenvalue weighted by Gasteiger charge is -2.26. The minimum absolute atomic E-state index is 0. The zero-order valence-corrected chi connectivity index (χ0v) is 12.0. The summed E-state index contributed by atoms with van der Waals surface area (Å²) in [5.74, 6) is 0.678. The van der Waals surface area contributed by atoms with Crippen molar-refractivity contribution in [2.24, 2.45) is 5.92 Å². The molecule has 0 saturated carbocycles. The van der Waals surface area contributed by atoms with Crippen molar-refractivity contribution in [3.05, 3.63) is 0 Å². The molecule has 1 fully saturated rings. The van der Waals surface area contributed by atoms with Crippen LogP contribution in [0.15, 0.2) is 0 Å². The number of nitrogens with zero attached hydrogens (tertiary/aromatic N) is 1. The number of rotatable bonds is 4. The van der Waals surface area contributed by atoms with Gasteiger partial charge in [0.05, 0.1) is 6.04 Å². The Morgan fingerprint density at radius 2 is 2.00 bits per heavy atom. The van der Waals surface area contributed by atoms with Gasteiger partial charge in [0.1, 0.15) is 0 Å². The maximum Gasteiger partial charge on any atom is 0.237 e. The summed E-state index contributed by atoms with van der Waals surface area (Å²) in [6.45, 7) is 11.0. The summed E-state index contributed by atoms with van der Waals surface area (Å²) in [6.07, 6.45) is 1.13. The number of hydrogen-bond donors (Lipinski definition) is 2. The molecule has 1 unspecified atom stereocenters. The number of carbonyl (C=O) groups excluding carboxylic acids is 1. The summed E-state index contributed by atoms with van der Waals surface area (Å²) in [7, 11) is 0. The van der Waals surface area contributed by atoms with Crippen LogP contribution in [0.1, 0.15) is 27.2 Å². The minimum Gasteiger partial charge on any atom is -0.354 e. The lowest BCUT2D eigenvalue weighted by Crippen LogP contribution is -2.47. The predicted molar refractivity (Wildman–Crippen MR) is 73.6 cm³/mol. The number of halogens is 1. The third kappa shape index (κ3) is 6.24. The highest BCUT2D eigenvalue weighted by molar-refractivity contribution is 5.85. The van der Waals surface area contributed by atoms with Gasteiger partial charge in [-0.25, -0.2) is 0 Å². The molecule has 4 nitrogen and oxygen atoms in total. The number of amides is 1. The molecule has 1 saturated heterocycles. The molecule has 1 amide bonds. The second kappa shape index (κ2) is 8.72. The second-order valence-electron chi connectivity index (χ2n) is 4.95. The standard InChI is InChI=1S/C12H25N3O.ClH/c1-10(2)9-14-12(16)11(3)15-7-4-5-13-6-8-15;/h10-11,13H,4-9H2,1-3H3,(H,14,16);1H. The Hall–Kier alpha value is -0.320. The quantitative estimate of drug-likeness (QED) is 0.791. The van der Waals surface area contributed by atoms with E-state index in [0.29, 0.717) is 5.92 Å². The highest BCUT2D eigenvalue weighted by Crippen LogP contribution is 2.03. The maximum absolute atomic E-state index is 11.9. The van der Waals surface area contributed by atoms with Gasteiger partial charge in [0.15, 0.2) is 0 Å². The lowest BCUT2D eigenvalue weighted by molar-refractivity contribution is -0.126. The normalized spacial score (nSPS) is 19.3. The van der Waals surface area contributed by atoms with Crippen molar-refractivity contribution in [3.63, 3.8) is 0 Å². The Bertz CT molecular complexity index is 216. The third-order valence-corrected chi connectivity index (χ3v) is 2.99. The van der Waals surface area contributed by atoms with Gasteiger partial charge in [-0.05, 0) is 25.8 Å². The average molecular weight is 264 g/mol. The molecular formula is C12H26ClN3O. The summed E-state index contributed by atoms with van der Waals surface area (Å²) in [6, 6.07) is -0.00125. The largest absolute Gasteiger partial charge is 0.354 e. The van der Waals surface area contributed by atoms with Gasteiger partial charge in [-0.2, -0.15) is 0 Å². The van der Waals surface area contributed by atoms with Crippen molar-refractivity contribution < 1.29 is 4.79 Å². The van der Waals surface area contributed by atoms with Crippen LogP contribution in [0.4, 0.5) is 0 Å². The Morgan fingerprint density at radius 1 is 1.29 bits per heavy atom. The molecule has 1 rings (SSSR count). The van der Waals surface area contributed by atoms with Crippen LogP contribution < -0.4 is 10.6 Å². The number of hydrogen-bond acceptors (Lipinski definition) is 3. The van der Waals surface area contributed by atoms with Crippen molar-refractivity contribution in [2.75, 3.05) is 32.7 Å². The SMILES string of the molecule is CC(C)CNC(=O)C(C)N1CCCNCC1.Cl. The van der Waals surface area contributed by atoms with Gasteiger partial charge in [-0.15, -0.1) is 12.4 Å². The van der Waals surface area contributed by atoms with Crippen molar-refractivity contribution in [1.82, 2.24) is 15.5 Å². The molecule has 0 spiro atoms. The van der Waals surface area contributed by atoms with Gasteiger partial charge >= 0.3 is 0 Å². The molecule has 0 aromatic heterocycles. The van der Waals surface area contributed by atoms with E-state index >= 15 is 0 Å². The van der Waals surface area contributed by atoms with Crippen molar-refractivity contribution in [1.29, 1.82) is 0 Å². The smallest absolute Gasteiger partial charge is 0.237 e. The van der Waals surface area contributed by atoms with E-state index in [2.05, 4.69) is 29.4 Å². The Kier molecular flexibility index (Phi) is 8.56. The first-order valence-electron chi connectivity index (χ1n) is 6.33. The molecule has 5 heteroatoms. The number of nitrogens with one attached hydrogen (secondary N) is 2. The van der Waals surface area contributed by atoms with E-state index in [-0.39, 0.29) is 24.4 Å². The zero-order valence-electron chi connectivity index (χ0n) is 11.2. The Balaban J connectivity index is 0.00000256. The van der Waals surface area contributed by atoms with E-state index < -0.39 is 0 Å². The first kappa shape index (κ1) is 16.7. The monoisotopic (exact) mass is 263 g/mol. The fourth-order valence-corrected chi connectivity index (χ4v) is 1.87. The Labute approximate surface area is 111 Å². The summed E-state index contributed by atoms with van der Waals surface area (Å²) < 4.78 is 0. The van der Waals surface area contributed by atoms with E-state index in [1.54, 1.807) is 0 Å². The summed E-state index contributed by atoms with van der Waals surface area (Å²) in [4.78, 5) is 14.1. The van der Waals surface area contributed by atoms with E-state index in [1.807, 2.05) is 6.92 Å².